The molecule has 0 saturated heterocycles. The molecule has 0 amide bonds. The molecule has 0 bridgehead atoms. The third-order valence-electron chi connectivity index (χ3n) is 5.30. The number of nitrogens with two attached hydrogens (primary N) is 1. The summed E-state index contributed by atoms with van der Waals surface area (Å²) < 4.78 is 69.9. The van der Waals surface area contributed by atoms with E-state index in [1.165, 1.54) is 42.5 Å². The number of rotatable bonds is 7. The molecular formula is C24H21N3O7S2. The summed E-state index contributed by atoms with van der Waals surface area (Å²) in [6.45, 7) is 2.20. The molecule has 0 aliphatic rings. The van der Waals surface area contributed by atoms with Crippen molar-refractivity contribution in [3.63, 3.8) is 0 Å². The van der Waals surface area contributed by atoms with Gasteiger partial charge in [0.25, 0.3) is 20.2 Å². The van der Waals surface area contributed by atoms with Gasteiger partial charge >= 0.3 is 0 Å². The number of hydrogen-bond donors (Lipinski definition) is 3. The van der Waals surface area contributed by atoms with Gasteiger partial charge in [-0.15, -0.1) is 0 Å². The van der Waals surface area contributed by atoms with Crippen molar-refractivity contribution in [2.24, 2.45) is 10.2 Å². The highest BCUT2D eigenvalue weighted by molar-refractivity contribution is 7.86. The van der Waals surface area contributed by atoms with Crippen LogP contribution in [0.4, 0.5) is 17.1 Å². The van der Waals surface area contributed by atoms with Gasteiger partial charge in [-0.1, -0.05) is 18.2 Å². The Hall–Kier alpha value is -3.84. The van der Waals surface area contributed by atoms with Crippen molar-refractivity contribution < 1.29 is 30.7 Å². The topological polar surface area (TPSA) is 169 Å². The van der Waals surface area contributed by atoms with Gasteiger partial charge in [0.2, 0.25) is 0 Å². The van der Waals surface area contributed by atoms with Crippen LogP contribution < -0.4 is 10.5 Å². The highest BCUT2D eigenvalue weighted by Crippen LogP contribution is 2.40. The average molecular weight is 528 g/mol. The molecule has 4 aromatic rings. The molecule has 4 rings (SSSR count). The molecular weight excluding hydrogens is 506 g/mol. The van der Waals surface area contributed by atoms with Crippen LogP contribution in [0.1, 0.15) is 6.92 Å². The maximum atomic E-state index is 11.7. The summed E-state index contributed by atoms with van der Waals surface area (Å²) in [5.74, 6) is 0.441. The minimum Gasteiger partial charge on any atom is -0.492 e. The molecule has 0 aromatic heterocycles. The van der Waals surface area contributed by atoms with Crippen molar-refractivity contribution >= 4 is 48.1 Å². The lowest BCUT2D eigenvalue weighted by Gasteiger charge is -2.15. The minimum atomic E-state index is -4.42. The Balaban J connectivity index is 1.72. The molecule has 0 saturated carbocycles. The fourth-order valence-corrected chi connectivity index (χ4v) is 4.57. The third kappa shape index (κ3) is 5.36. The first-order valence-electron chi connectivity index (χ1n) is 10.5. The zero-order valence-corrected chi connectivity index (χ0v) is 20.5. The first-order valence-corrected chi connectivity index (χ1v) is 13.4. The van der Waals surface area contributed by atoms with Crippen LogP contribution in [0.2, 0.25) is 0 Å². The largest absolute Gasteiger partial charge is 0.492 e. The number of nitrogen functional groups attached to an aromatic ring is 1. The van der Waals surface area contributed by atoms with Gasteiger partial charge in [-0.05, 0) is 78.0 Å². The SMILES string of the molecule is CCOc1cc(-c2ccc(N=Nc3ccc(S(=O)(=O)O)cc3)cc2)c2cc(S(=O)(=O)O)ccc2c1N. The molecule has 0 radical (unpaired) electrons. The summed E-state index contributed by atoms with van der Waals surface area (Å²) in [6.07, 6.45) is 0. The first-order chi connectivity index (χ1) is 17.0. The normalized spacial score (nSPS) is 12.3. The summed E-state index contributed by atoms with van der Waals surface area (Å²) >= 11 is 0. The van der Waals surface area contributed by atoms with E-state index in [9.17, 15) is 21.4 Å². The first kappa shape index (κ1) is 25.3. The average Bonchev–Trinajstić information content (AvgIpc) is 2.84. The van der Waals surface area contributed by atoms with E-state index < -0.39 is 20.2 Å². The van der Waals surface area contributed by atoms with E-state index >= 15 is 0 Å². The lowest BCUT2D eigenvalue weighted by atomic mass is 9.96. The molecule has 186 valence electrons. The molecule has 4 aromatic carbocycles. The second kappa shape index (κ2) is 9.66. The zero-order chi connectivity index (χ0) is 26.1. The molecule has 12 heteroatoms. The van der Waals surface area contributed by atoms with E-state index in [0.717, 1.165) is 0 Å². The predicted molar refractivity (Wildman–Crippen MR) is 135 cm³/mol. The van der Waals surface area contributed by atoms with Gasteiger partial charge in [-0.3, -0.25) is 9.11 Å². The predicted octanol–water partition coefficient (Wildman–Crippen LogP) is 5.40. The van der Waals surface area contributed by atoms with Crippen LogP contribution in [-0.4, -0.2) is 32.5 Å². The summed E-state index contributed by atoms with van der Waals surface area (Å²) in [7, 11) is -8.71. The Labute approximate surface area is 207 Å². The van der Waals surface area contributed by atoms with Gasteiger partial charge in [0.1, 0.15) is 5.75 Å². The van der Waals surface area contributed by atoms with Crippen LogP contribution in [0, 0.1) is 0 Å². The summed E-state index contributed by atoms with van der Waals surface area (Å²) in [4.78, 5) is -0.504. The molecule has 0 unspecified atom stereocenters. The van der Waals surface area contributed by atoms with Crippen LogP contribution >= 0.6 is 0 Å². The van der Waals surface area contributed by atoms with Crippen molar-refractivity contribution in [3.8, 4) is 16.9 Å². The van der Waals surface area contributed by atoms with Crippen molar-refractivity contribution in [3.05, 3.63) is 72.8 Å². The summed E-state index contributed by atoms with van der Waals surface area (Å²) in [5.41, 5.74) is 8.84. The van der Waals surface area contributed by atoms with Gasteiger partial charge in [0.15, 0.2) is 0 Å². The van der Waals surface area contributed by atoms with Gasteiger partial charge in [0.05, 0.1) is 33.5 Å². The van der Waals surface area contributed by atoms with Crippen molar-refractivity contribution in [2.45, 2.75) is 16.7 Å². The molecule has 0 spiro atoms. The molecule has 36 heavy (non-hydrogen) atoms. The Morgan fingerprint density at radius 3 is 1.81 bits per heavy atom. The third-order valence-corrected chi connectivity index (χ3v) is 7.02. The summed E-state index contributed by atoms with van der Waals surface area (Å²) in [6, 6.07) is 18.0. The molecule has 10 nitrogen and oxygen atoms in total. The highest BCUT2D eigenvalue weighted by Gasteiger charge is 2.17. The monoisotopic (exact) mass is 527 g/mol. The van der Waals surface area contributed by atoms with E-state index in [2.05, 4.69) is 10.2 Å². The number of nitrogens with zero attached hydrogens (tertiary/aromatic N) is 2. The molecule has 0 aliphatic heterocycles. The van der Waals surface area contributed by atoms with Crippen LogP contribution in [0.3, 0.4) is 0 Å². The van der Waals surface area contributed by atoms with E-state index in [0.29, 0.717) is 51.3 Å². The van der Waals surface area contributed by atoms with Crippen LogP contribution in [-0.2, 0) is 20.2 Å². The van der Waals surface area contributed by atoms with Crippen LogP contribution in [0.15, 0.2) is 92.8 Å². The Morgan fingerprint density at radius 2 is 1.28 bits per heavy atom. The van der Waals surface area contributed by atoms with E-state index in [1.54, 1.807) is 30.3 Å². The number of anilines is 1. The van der Waals surface area contributed by atoms with Crippen molar-refractivity contribution in [1.82, 2.24) is 0 Å². The molecule has 0 aliphatic carbocycles. The summed E-state index contributed by atoms with van der Waals surface area (Å²) in [5, 5.41) is 9.27. The zero-order valence-electron chi connectivity index (χ0n) is 18.9. The Kier molecular flexibility index (Phi) is 6.78. The van der Waals surface area contributed by atoms with Gasteiger partial charge < -0.3 is 10.5 Å². The molecule has 4 N–H and O–H groups in total. The van der Waals surface area contributed by atoms with Crippen molar-refractivity contribution in [1.29, 1.82) is 0 Å². The maximum absolute atomic E-state index is 11.7. The quantitative estimate of drug-likeness (QED) is 0.163. The number of fused-ring (bicyclic) bond motifs is 1. The standard InChI is InChI=1S/C24H21N3O7S2/c1-2-34-23-14-21(22-13-19(36(31,32)33)11-12-20(22)24(23)25)15-3-5-16(6-4-15)26-27-17-7-9-18(10-8-17)35(28,29)30/h3-14H,2,25H2,1H3,(H,28,29,30)(H,31,32,33). The van der Waals surface area contributed by atoms with Gasteiger partial charge in [-0.25, -0.2) is 0 Å². The Morgan fingerprint density at radius 1 is 0.750 bits per heavy atom. The number of azo groups is 1. The number of ether oxygens (including phenoxy) is 1. The van der Waals surface area contributed by atoms with Crippen LogP contribution in [0.5, 0.6) is 5.75 Å². The minimum absolute atomic E-state index is 0.245. The lowest BCUT2D eigenvalue weighted by molar-refractivity contribution is 0.342. The second-order valence-corrected chi connectivity index (χ2v) is 10.5. The fourth-order valence-electron chi connectivity index (χ4n) is 3.58. The van der Waals surface area contributed by atoms with E-state index in [-0.39, 0.29) is 9.79 Å². The highest BCUT2D eigenvalue weighted by atomic mass is 32.2. The van der Waals surface area contributed by atoms with E-state index in [1.807, 2.05) is 6.92 Å². The van der Waals surface area contributed by atoms with Crippen molar-refractivity contribution in [2.75, 3.05) is 12.3 Å². The second-order valence-electron chi connectivity index (χ2n) is 7.67. The number of hydrogen-bond acceptors (Lipinski definition) is 8. The smallest absolute Gasteiger partial charge is 0.294 e. The molecule has 0 fully saturated rings. The van der Waals surface area contributed by atoms with Crippen LogP contribution in [0.25, 0.3) is 21.9 Å². The molecule has 0 heterocycles. The fraction of sp³-hybridized carbons (Fsp3) is 0.0833. The number of benzene rings is 4. The van der Waals surface area contributed by atoms with Gasteiger partial charge in [0, 0.05) is 5.39 Å². The molecule has 0 atom stereocenters. The Bertz CT molecular complexity index is 1680. The van der Waals surface area contributed by atoms with Gasteiger partial charge in [-0.2, -0.15) is 27.1 Å². The van der Waals surface area contributed by atoms with E-state index in [4.69, 9.17) is 15.0 Å². The maximum Gasteiger partial charge on any atom is 0.294 e. The lowest BCUT2D eigenvalue weighted by Crippen LogP contribution is -2.01.